The lowest BCUT2D eigenvalue weighted by Crippen LogP contribution is -2.29. The van der Waals surface area contributed by atoms with E-state index in [1.165, 1.54) is 17.0 Å². The Kier molecular flexibility index (Phi) is 5.34. The molecule has 0 unspecified atom stereocenters. The van der Waals surface area contributed by atoms with Gasteiger partial charge in [-0.3, -0.25) is 9.59 Å². The number of amides is 2. The van der Waals surface area contributed by atoms with E-state index in [0.29, 0.717) is 17.3 Å². The lowest BCUT2D eigenvalue weighted by molar-refractivity contribution is -0.122. The molecule has 29 heavy (non-hydrogen) atoms. The number of nitrogens with one attached hydrogen (secondary N) is 2. The Balaban J connectivity index is 1.53. The van der Waals surface area contributed by atoms with Gasteiger partial charge in [-0.2, -0.15) is 16.9 Å². The molecular formula is C19H16F2N4O3S. The van der Waals surface area contributed by atoms with Crippen LogP contribution < -0.4 is 10.6 Å². The van der Waals surface area contributed by atoms with Crippen molar-refractivity contribution in [1.82, 2.24) is 15.1 Å². The number of carbonyl (C=O) groups is 2. The average molecular weight is 418 g/mol. The lowest BCUT2D eigenvalue weighted by Gasteiger charge is -2.12. The standard InChI is InChI=1S/C19H16F2N4O3S/c20-13-4-1-5-14(21)17(13)19(27)23-18-12-9-29-10-15(12)24-25(18)8-16(26)22-7-11-3-2-6-28-11/h1-6H,7-10H2,(H,22,26)(H,23,27). The highest BCUT2D eigenvalue weighted by Crippen LogP contribution is 2.35. The van der Waals surface area contributed by atoms with E-state index in [9.17, 15) is 18.4 Å². The first-order valence-electron chi connectivity index (χ1n) is 8.73. The zero-order chi connectivity index (χ0) is 20.4. The van der Waals surface area contributed by atoms with Crippen LogP contribution in [0.1, 0.15) is 27.4 Å². The molecule has 2 N–H and O–H groups in total. The minimum Gasteiger partial charge on any atom is -0.467 e. The number of aromatic nitrogens is 2. The number of anilines is 1. The highest BCUT2D eigenvalue weighted by Gasteiger charge is 2.27. The molecule has 0 atom stereocenters. The molecule has 1 aromatic carbocycles. The molecule has 0 bridgehead atoms. The fourth-order valence-electron chi connectivity index (χ4n) is 3.00. The third-order valence-corrected chi connectivity index (χ3v) is 5.34. The highest BCUT2D eigenvalue weighted by molar-refractivity contribution is 7.98. The second-order valence-corrected chi connectivity index (χ2v) is 7.32. The van der Waals surface area contributed by atoms with Crippen molar-refractivity contribution in [3.8, 4) is 0 Å². The lowest BCUT2D eigenvalue weighted by atomic mass is 10.2. The highest BCUT2D eigenvalue weighted by atomic mass is 32.2. The van der Waals surface area contributed by atoms with E-state index in [1.807, 2.05) is 0 Å². The quantitative estimate of drug-likeness (QED) is 0.642. The van der Waals surface area contributed by atoms with E-state index in [1.54, 1.807) is 23.9 Å². The summed E-state index contributed by atoms with van der Waals surface area (Å²) in [7, 11) is 0. The normalized spacial score (nSPS) is 12.6. The number of furan rings is 1. The van der Waals surface area contributed by atoms with Gasteiger partial charge in [-0.25, -0.2) is 13.5 Å². The van der Waals surface area contributed by atoms with E-state index in [-0.39, 0.29) is 24.8 Å². The maximum absolute atomic E-state index is 13.9. The first kappa shape index (κ1) is 19.2. The van der Waals surface area contributed by atoms with Gasteiger partial charge in [-0.1, -0.05) is 6.07 Å². The second kappa shape index (κ2) is 8.08. The number of rotatable bonds is 6. The maximum atomic E-state index is 13.9. The fraction of sp³-hybridized carbons (Fsp3) is 0.211. The Hall–Kier alpha value is -3.14. The van der Waals surface area contributed by atoms with Crippen molar-refractivity contribution in [2.75, 3.05) is 5.32 Å². The Morgan fingerprint density at radius 1 is 1.17 bits per heavy atom. The minimum absolute atomic E-state index is 0.159. The Morgan fingerprint density at radius 2 is 1.97 bits per heavy atom. The summed E-state index contributed by atoms with van der Waals surface area (Å²) < 4.78 is 34.4. The van der Waals surface area contributed by atoms with Crippen molar-refractivity contribution in [2.24, 2.45) is 0 Å². The summed E-state index contributed by atoms with van der Waals surface area (Å²) >= 11 is 1.60. The molecule has 150 valence electrons. The van der Waals surface area contributed by atoms with Gasteiger partial charge in [0.05, 0.1) is 18.5 Å². The van der Waals surface area contributed by atoms with Gasteiger partial charge in [0.1, 0.15) is 35.3 Å². The van der Waals surface area contributed by atoms with Gasteiger partial charge in [0.15, 0.2) is 0 Å². The topological polar surface area (TPSA) is 89.2 Å². The molecule has 0 saturated carbocycles. The first-order chi connectivity index (χ1) is 14.0. The number of carbonyl (C=O) groups excluding carboxylic acids is 2. The Bertz CT molecular complexity index is 1050. The number of hydrogen-bond donors (Lipinski definition) is 2. The monoisotopic (exact) mass is 418 g/mol. The summed E-state index contributed by atoms with van der Waals surface area (Å²) in [4.78, 5) is 24.8. The molecule has 3 heterocycles. The van der Waals surface area contributed by atoms with Crippen molar-refractivity contribution in [3.63, 3.8) is 0 Å². The number of fused-ring (bicyclic) bond motifs is 1. The first-order valence-corrected chi connectivity index (χ1v) is 9.89. The van der Waals surface area contributed by atoms with Gasteiger partial charge < -0.3 is 15.1 Å². The molecule has 10 heteroatoms. The van der Waals surface area contributed by atoms with E-state index >= 15 is 0 Å². The predicted molar refractivity (Wildman–Crippen MR) is 102 cm³/mol. The smallest absolute Gasteiger partial charge is 0.262 e. The van der Waals surface area contributed by atoms with Crippen LogP contribution in [0.3, 0.4) is 0 Å². The van der Waals surface area contributed by atoms with Crippen molar-refractivity contribution < 1.29 is 22.8 Å². The van der Waals surface area contributed by atoms with E-state index < -0.39 is 23.1 Å². The summed E-state index contributed by atoms with van der Waals surface area (Å²) in [5.74, 6) is -1.12. The SMILES string of the molecule is O=C(Cn1nc2c(c1NC(=O)c1c(F)cccc1F)CSC2)NCc1ccco1. The van der Waals surface area contributed by atoms with Crippen LogP contribution in [0.2, 0.25) is 0 Å². The molecule has 0 aliphatic carbocycles. The van der Waals surface area contributed by atoms with E-state index in [4.69, 9.17) is 4.42 Å². The van der Waals surface area contributed by atoms with Crippen molar-refractivity contribution >= 4 is 29.4 Å². The van der Waals surface area contributed by atoms with E-state index in [2.05, 4.69) is 15.7 Å². The van der Waals surface area contributed by atoms with Crippen LogP contribution in [0.15, 0.2) is 41.0 Å². The van der Waals surface area contributed by atoms with Crippen LogP contribution in [0, 0.1) is 11.6 Å². The summed E-state index contributed by atoms with van der Waals surface area (Å²) in [6, 6.07) is 6.65. The third kappa shape index (κ3) is 4.02. The van der Waals surface area contributed by atoms with Crippen molar-refractivity contribution in [2.45, 2.75) is 24.6 Å². The Labute approximate surface area is 168 Å². The molecule has 0 spiro atoms. The number of thioether (sulfide) groups is 1. The van der Waals surface area contributed by atoms with Crippen LogP contribution in [-0.2, 0) is 29.4 Å². The molecule has 4 rings (SSSR count). The molecular weight excluding hydrogens is 402 g/mol. The zero-order valence-electron chi connectivity index (χ0n) is 15.1. The van der Waals surface area contributed by atoms with Crippen molar-refractivity contribution in [3.05, 3.63) is 70.8 Å². The molecule has 1 aliphatic heterocycles. The number of hydrogen-bond acceptors (Lipinski definition) is 5. The van der Waals surface area contributed by atoms with E-state index in [0.717, 1.165) is 23.4 Å². The molecule has 3 aromatic rings. The van der Waals surface area contributed by atoms with Gasteiger partial charge >= 0.3 is 0 Å². The summed E-state index contributed by atoms with van der Waals surface area (Å²) in [5.41, 5.74) is 0.805. The third-order valence-electron chi connectivity index (χ3n) is 4.37. The van der Waals surface area contributed by atoms with Gasteiger partial charge in [-0.05, 0) is 24.3 Å². The van der Waals surface area contributed by atoms with Gasteiger partial charge in [0.2, 0.25) is 5.91 Å². The summed E-state index contributed by atoms with van der Waals surface area (Å²) in [6.45, 7) is 0.0541. The van der Waals surface area contributed by atoms with Crippen LogP contribution in [0.4, 0.5) is 14.6 Å². The number of nitrogens with zero attached hydrogens (tertiary/aromatic N) is 2. The maximum Gasteiger partial charge on any atom is 0.262 e. The Morgan fingerprint density at radius 3 is 2.69 bits per heavy atom. The summed E-state index contributed by atoms with van der Waals surface area (Å²) in [5, 5.41) is 9.61. The largest absolute Gasteiger partial charge is 0.467 e. The number of benzene rings is 1. The van der Waals surface area contributed by atoms with Gasteiger partial charge in [0, 0.05) is 17.1 Å². The molecule has 2 amide bonds. The predicted octanol–water partition coefficient (Wildman–Crippen LogP) is 3.07. The molecule has 0 saturated heterocycles. The van der Waals surface area contributed by atoms with Crippen LogP contribution >= 0.6 is 11.8 Å². The summed E-state index contributed by atoms with van der Waals surface area (Å²) in [6.07, 6.45) is 1.51. The van der Waals surface area contributed by atoms with Crippen LogP contribution in [0.5, 0.6) is 0 Å². The molecule has 7 nitrogen and oxygen atoms in total. The molecule has 1 aliphatic rings. The molecule has 0 fully saturated rings. The van der Waals surface area contributed by atoms with Gasteiger partial charge in [-0.15, -0.1) is 0 Å². The molecule has 2 aromatic heterocycles. The van der Waals surface area contributed by atoms with Crippen LogP contribution in [0.25, 0.3) is 0 Å². The average Bonchev–Trinajstić information content (AvgIpc) is 3.40. The van der Waals surface area contributed by atoms with Crippen LogP contribution in [-0.4, -0.2) is 21.6 Å². The van der Waals surface area contributed by atoms with Crippen molar-refractivity contribution in [1.29, 1.82) is 0 Å². The van der Waals surface area contributed by atoms with Gasteiger partial charge in [0.25, 0.3) is 5.91 Å². The zero-order valence-corrected chi connectivity index (χ0v) is 15.9. The number of halogens is 2. The minimum atomic E-state index is -0.962. The second-order valence-electron chi connectivity index (χ2n) is 6.33. The fourth-order valence-corrected chi connectivity index (χ4v) is 4.03. The molecule has 0 radical (unpaired) electrons.